The number of aromatic amines is 1. The molecule has 100 valence electrons. The van der Waals surface area contributed by atoms with Gasteiger partial charge in [0.05, 0.1) is 11.2 Å². The second kappa shape index (κ2) is 4.42. The lowest BCUT2D eigenvalue weighted by atomic mass is 10.2. The van der Waals surface area contributed by atoms with Crippen LogP contribution in [-0.2, 0) is 12.8 Å². The van der Waals surface area contributed by atoms with E-state index in [-0.39, 0.29) is 5.91 Å². The lowest BCUT2D eigenvalue weighted by Crippen LogP contribution is -2.12. The summed E-state index contributed by atoms with van der Waals surface area (Å²) in [4.78, 5) is 18.1. The molecule has 0 saturated heterocycles. The van der Waals surface area contributed by atoms with E-state index in [0.29, 0.717) is 10.8 Å². The minimum absolute atomic E-state index is 0.213. The molecule has 0 aliphatic heterocycles. The van der Waals surface area contributed by atoms with Crippen molar-refractivity contribution in [1.82, 2.24) is 15.2 Å². The number of thiazole rings is 1. The third kappa shape index (κ3) is 1.80. The van der Waals surface area contributed by atoms with Crippen molar-refractivity contribution in [2.45, 2.75) is 19.3 Å². The van der Waals surface area contributed by atoms with E-state index in [4.69, 9.17) is 0 Å². The van der Waals surface area contributed by atoms with Gasteiger partial charge in [0.2, 0.25) is 0 Å². The van der Waals surface area contributed by atoms with Crippen LogP contribution in [0, 0.1) is 0 Å². The molecule has 20 heavy (non-hydrogen) atoms. The monoisotopic (exact) mass is 284 g/mol. The molecule has 0 spiro atoms. The van der Waals surface area contributed by atoms with Gasteiger partial charge in [-0.2, -0.15) is 5.10 Å². The first-order valence-electron chi connectivity index (χ1n) is 6.54. The van der Waals surface area contributed by atoms with E-state index in [0.717, 1.165) is 29.4 Å². The number of anilines is 1. The maximum Gasteiger partial charge on any atom is 0.278 e. The number of carbonyl (C=O) groups is 1. The van der Waals surface area contributed by atoms with Crippen LogP contribution < -0.4 is 5.32 Å². The summed E-state index contributed by atoms with van der Waals surface area (Å²) in [5.74, 6) is -0.213. The highest BCUT2D eigenvalue weighted by Crippen LogP contribution is 2.30. The summed E-state index contributed by atoms with van der Waals surface area (Å²) in [6, 6.07) is 7.59. The first-order valence-corrected chi connectivity index (χ1v) is 7.36. The topological polar surface area (TPSA) is 70.7 Å². The smallest absolute Gasteiger partial charge is 0.278 e. The van der Waals surface area contributed by atoms with Gasteiger partial charge >= 0.3 is 0 Å². The summed E-state index contributed by atoms with van der Waals surface area (Å²) in [5, 5.41) is 11.3. The standard InChI is InChI=1S/C14H12N4OS/c19-13(12-8-4-1-2-5-9(8)17-18-12)16-14-15-10-6-3-7-11(10)20-14/h1-2,4-5H,3,6-7H2,(H,17,18)(H,15,16,19). The fourth-order valence-electron chi connectivity index (χ4n) is 2.54. The van der Waals surface area contributed by atoms with Gasteiger partial charge in [0.25, 0.3) is 5.91 Å². The molecule has 0 fully saturated rings. The Morgan fingerprint density at radius 2 is 2.20 bits per heavy atom. The maximum atomic E-state index is 12.3. The van der Waals surface area contributed by atoms with E-state index >= 15 is 0 Å². The summed E-state index contributed by atoms with van der Waals surface area (Å²) in [6.45, 7) is 0. The number of nitrogens with zero attached hydrogens (tertiary/aromatic N) is 2. The Kier molecular flexibility index (Phi) is 2.56. The minimum Gasteiger partial charge on any atom is -0.296 e. The Hall–Kier alpha value is -2.21. The molecule has 4 rings (SSSR count). The predicted molar refractivity (Wildman–Crippen MR) is 78.2 cm³/mol. The van der Waals surface area contributed by atoms with Crippen LogP contribution in [-0.4, -0.2) is 21.1 Å². The molecule has 1 aliphatic carbocycles. The lowest BCUT2D eigenvalue weighted by Gasteiger charge is -1.99. The normalized spacial score (nSPS) is 13.6. The number of carbonyl (C=O) groups excluding carboxylic acids is 1. The molecule has 5 nitrogen and oxygen atoms in total. The maximum absolute atomic E-state index is 12.3. The first kappa shape index (κ1) is 11.6. The van der Waals surface area contributed by atoms with Gasteiger partial charge in [-0.3, -0.25) is 15.2 Å². The number of hydrogen-bond acceptors (Lipinski definition) is 4. The summed E-state index contributed by atoms with van der Waals surface area (Å²) >= 11 is 1.57. The van der Waals surface area contributed by atoms with Crippen molar-refractivity contribution in [2.24, 2.45) is 0 Å². The van der Waals surface area contributed by atoms with E-state index < -0.39 is 0 Å². The summed E-state index contributed by atoms with van der Waals surface area (Å²) in [5.41, 5.74) is 2.41. The van der Waals surface area contributed by atoms with Gasteiger partial charge in [0.1, 0.15) is 0 Å². The van der Waals surface area contributed by atoms with Crippen molar-refractivity contribution < 1.29 is 4.79 Å². The van der Waals surface area contributed by atoms with Gasteiger partial charge in [-0.05, 0) is 25.3 Å². The van der Waals surface area contributed by atoms with Crippen molar-refractivity contribution in [3.05, 3.63) is 40.5 Å². The van der Waals surface area contributed by atoms with Crippen LogP contribution in [0.4, 0.5) is 5.13 Å². The number of rotatable bonds is 2. The fourth-order valence-corrected chi connectivity index (χ4v) is 3.58. The third-order valence-corrected chi connectivity index (χ3v) is 4.57. The molecule has 0 radical (unpaired) electrons. The SMILES string of the molecule is O=C(Nc1nc2c(s1)CCC2)c1n[nH]c2ccccc12. The summed E-state index contributed by atoms with van der Waals surface area (Å²) in [7, 11) is 0. The quantitative estimate of drug-likeness (QED) is 0.760. The van der Waals surface area contributed by atoms with E-state index in [1.54, 1.807) is 11.3 Å². The number of aryl methyl sites for hydroxylation is 2. The molecule has 2 aromatic heterocycles. The van der Waals surface area contributed by atoms with Crippen LogP contribution in [0.15, 0.2) is 24.3 Å². The Bertz CT molecular complexity index is 783. The second-order valence-corrected chi connectivity index (χ2v) is 5.90. The summed E-state index contributed by atoms with van der Waals surface area (Å²) in [6.07, 6.45) is 3.27. The average molecular weight is 284 g/mol. The molecule has 3 aromatic rings. The zero-order valence-corrected chi connectivity index (χ0v) is 11.5. The Labute approximate surface area is 119 Å². The van der Waals surface area contributed by atoms with Crippen LogP contribution in [0.3, 0.4) is 0 Å². The molecule has 1 aromatic carbocycles. The van der Waals surface area contributed by atoms with E-state index in [9.17, 15) is 4.79 Å². The number of para-hydroxylation sites is 1. The third-order valence-electron chi connectivity index (χ3n) is 3.50. The van der Waals surface area contributed by atoms with Crippen LogP contribution >= 0.6 is 11.3 Å². The molecular weight excluding hydrogens is 272 g/mol. The van der Waals surface area contributed by atoms with Crippen molar-refractivity contribution in [1.29, 1.82) is 0 Å². The molecule has 6 heteroatoms. The van der Waals surface area contributed by atoms with Crippen molar-refractivity contribution in [3.8, 4) is 0 Å². The zero-order valence-electron chi connectivity index (χ0n) is 10.6. The fraction of sp³-hybridized carbons (Fsp3) is 0.214. The van der Waals surface area contributed by atoms with Gasteiger partial charge in [0, 0.05) is 10.3 Å². The van der Waals surface area contributed by atoms with Crippen molar-refractivity contribution >= 4 is 33.3 Å². The number of nitrogens with one attached hydrogen (secondary N) is 2. The first-order chi connectivity index (χ1) is 9.81. The molecule has 2 heterocycles. The lowest BCUT2D eigenvalue weighted by molar-refractivity contribution is 0.102. The van der Waals surface area contributed by atoms with Gasteiger partial charge in [-0.15, -0.1) is 11.3 Å². The highest BCUT2D eigenvalue weighted by Gasteiger charge is 2.20. The van der Waals surface area contributed by atoms with Gasteiger partial charge < -0.3 is 0 Å². The molecule has 0 unspecified atom stereocenters. The number of H-pyrrole nitrogens is 1. The molecule has 1 amide bonds. The number of hydrogen-bond donors (Lipinski definition) is 2. The van der Waals surface area contributed by atoms with E-state index in [1.165, 1.54) is 11.3 Å². The van der Waals surface area contributed by atoms with Crippen molar-refractivity contribution in [3.63, 3.8) is 0 Å². The van der Waals surface area contributed by atoms with Crippen LogP contribution in [0.25, 0.3) is 10.9 Å². The second-order valence-electron chi connectivity index (χ2n) is 4.81. The predicted octanol–water partition coefficient (Wildman–Crippen LogP) is 2.76. The highest BCUT2D eigenvalue weighted by atomic mass is 32.1. The Balaban J connectivity index is 1.63. The molecule has 0 saturated carbocycles. The molecule has 0 bridgehead atoms. The molecule has 1 aliphatic rings. The van der Waals surface area contributed by atoms with Crippen molar-refractivity contribution in [2.75, 3.05) is 5.32 Å². The van der Waals surface area contributed by atoms with E-state index in [2.05, 4.69) is 20.5 Å². The highest BCUT2D eigenvalue weighted by molar-refractivity contribution is 7.16. The molecule has 2 N–H and O–H groups in total. The van der Waals surface area contributed by atoms with Crippen LogP contribution in [0.1, 0.15) is 27.5 Å². The van der Waals surface area contributed by atoms with Crippen LogP contribution in [0.2, 0.25) is 0 Å². The minimum atomic E-state index is -0.213. The number of fused-ring (bicyclic) bond motifs is 2. The van der Waals surface area contributed by atoms with Gasteiger partial charge in [-0.25, -0.2) is 4.98 Å². The van der Waals surface area contributed by atoms with Crippen LogP contribution in [0.5, 0.6) is 0 Å². The number of benzene rings is 1. The van der Waals surface area contributed by atoms with Gasteiger partial charge in [-0.1, -0.05) is 18.2 Å². The zero-order chi connectivity index (χ0) is 13.5. The Morgan fingerprint density at radius 1 is 1.30 bits per heavy atom. The van der Waals surface area contributed by atoms with Gasteiger partial charge in [0.15, 0.2) is 10.8 Å². The molecular formula is C14H12N4OS. The number of aromatic nitrogens is 3. The Morgan fingerprint density at radius 3 is 3.10 bits per heavy atom. The largest absolute Gasteiger partial charge is 0.296 e. The average Bonchev–Trinajstić information content (AvgIpc) is 3.10. The van der Waals surface area contributed by atoms with E-state index in [1.807, 2.05) is 24.3 Å². The number of amides is 1. The molecule has 0 atom stereocenters. The summed E-state index contributed by atoms with van der Waals surface area (Å²) < 4.78 is 0.